The summed E-state index contributed by atoms with van der Waals surface area (Å²) >= 11 is 0. The largest absolute Gasteiger partial charge is 0.457 e. The number of nitrogens with two attached hydrogens (primary N) is 1. The van der Waals surface area contributed by atoms with Crippen LogP contribution in [0.15, 0.2) is 53.6 Å². The maximum Gasteiger partial charge on any atom is 0.337 e. The number of rotatable bonds is 5. The highest BCUT2D eigenvalue weighted by Crippen LogP contribution is 2.35. The highest BCUT2D eigenvalue weighted by molar-refractivity contribution is 6.07. The Bertz CT molecular complexity index is 633. The Kier molecular flexibility index (Phi) is 3.68. The van der Waals surface area contributed by atoms with Gasteiger partial charge in [0.1, 0.15) is 18.8 Å². The highest BCUT2D eigenvalue weighted by atomic mass is 16.5. The van der Waals surface area contributed by atoms with Gasteiger partial charge in [-0.25, -0.2) is 4.79 Å². The zero-order valence-electron chi connectivity index (χ0n) is 11.3. The minimum Gasteiger partial charge on any atom is -0.457 e. The van der Waals surface area contributed by atoms with E-state index in [-0.39, 0.29) is 24.5 Å². The Morgan fingerprint density at radius 3 is 2.43 bits per heavy atom. The molecule has 1 aromatic rings. The number of hydrogen-bond donors (Lipinski definition) is 1. The van der Waals surface area contributed by atoms with Gasteiger partial charge in [-0.15, -0.1) is 0 Å². The number of Topliss-reactive ketones (excluding diaryl/α,β-unsaturated/α-hetero) is 1. The van der Waals surface area contributed by atoms with Crippen molar-refractivity contribution in [3.05, 3.63) is 59.2 Å². The minimum atomic E-state index is -0.521. The summed E-state index contributed by atoms with van der Waals surface area (Å²) in [6.07, 6.45) is 2.56. The number of esters is 1. The molecule has 2 bridgehead atoms. The van der Waals surface area contributed by atoms with E-state index in [0.717, 1.165) is 5.56 Å². The molecule has 0 fully saturated rings. The van der Waals surface area contributed by atoms with Gasteiger partial charge in [0.05, 0.1) is 12.1 Å². The summed E-state index contributed by atoms with van der Waals surface area (Å²) in [6.45, 7) is 0.0135. The second-order valence-electron chi connectivity index (χ2n) is 4.88. The minimum absolute atomic E-state index is 0.148. The first kappa shape index (κ1) is 13.7. The van der Waals surface area contributed by atoms with Crippen LogP contribution in [0.5, 0.6) is 0 Å². The van der Waals surface area contributed by atoms with Crippen molar-refractivity contribution in [3.63, 3.8) is 0 Å². The van der Waals surface area contributed by atoms with Crippen molar-refractivity contribution in [1.29, 1.82) is 0 Å². The molecule has 2 N–H and O–H groups in total. The van der Waals surface area contributed by atoms with Crippen molar-refractivity contribution in [2.75, 3.05) is 6.54 Å². The number of fused-ring (bicyclic) bond motifs is 2. The monoisotopic (exact) mass is 285 g/mol. The summed E-state index contributed by atoms with van der Waals surface area (Å²) in [7, 11) is 0. The molecule has 0 spiro atoms. The van der Waals surface area contributed by atoms with E-state index in [1.165, 1.54) is 0 Å². The summed E-state index contributed by atoms with van der Waals surface area (Å²) in [6, 6.07) is 9.36. The first-order chi connectivity index (χ1) is 10.2. The van der Waals surface area contributed by atoms with Crippen LogP contribution < -0.4 is 5.73 Å². The van der Waals surface area contributed by atoms with Crippen LogP contribution in [0.3, 0.4) is 0 Å². The Labute approximate surface area is 122 Å². The second-order valence-corrected chi connectivity index (χ2v) is 4.88. The number of ether oxygens (including phenoxy) is 2. The number of ketones is 1. The molecule has 2 heterocycles. The van der Waals surface area contributed by atoms with Gasteiger partial charge in [0, 0.05) is 5.57 Å². The molecule has 1 aromatic carbocycles. The quantitative estimate of drug-likeness (QED) is 0.642. The van der Waals surface area contributed by atoms with Crippen molar-refractivity contribution in [1.82, 2.24) is 0 Å². The SMILES string of the molecule is NCC(=O)C1=C(C(=O)OCc2ccccc2)C2C=CC1O2. The number of hydrogen-bond acceptors (Lipinski definition) is 5. The van der Waals surface area contributed by atoms with Gasteiger partial charge in [0.2, 0.25) is 0 Å². The first-order valence-electron chi connectivity index (χ1n) is 6.73. The fourth-order valence-corrected chi connectivity index (χ4v) is 2.53. The standard InChI is InChI=1S/C16H15NO4/c17-8-11(18)14-12-6-7-13(21-12)15(14)16(19)20-9-10-4-2-1-3-5-10/h1-7,12-13H,8-9,17H2. The molecule has 21 heavy (non-hydrogen) atoms. The van der Waals surface area contributed by atoms with Crippen LogP contribution in [-0.2, 0) is 25.7 Å². The summed E-state index contributed by atoms with van der Waals surface area (Å²) in [5, 5.41) is 0. The number of benzene rings is 1. The second kappa shape index (κ2) is 5.63. The van der Waals surface area contributed by atoms with Gasteiger partial charge in [0.25, 0.3) is 0 Å². The summed E-state index contributed by atoms with van der Waals surface area (Å²) in [5.74, 6) is -0.800. The lowest BCUT2D eigenvalue weighted by Gasteiger charge is -2.11. The van der Waals surface area contributed by atoms with E-state index in [0.29, 0.717) is 5.57 Å². The average Bonchev–Trinajstić information content (AvgIpc) is 3.13. The third-order valence-electron chi connectivity index (χ3n) is 3.53. The fourth-order valence-electron chi connectivity index (χ4n) is 2.53. The molecule has 0 amide bonds. The number of carbonyl (C=O) groups excluding carboxylic acids is 2. The van der Waals surface area contributed by atoms with E-state index in [1.807, 2.05) is 30.3 Å². The van der Waals surface area contributed by atoms with Gasteiger partial charge in [-0.05, 0) is 5.56 Å². The van der Waals surface area contributed by atoms with Gasteiger partial charge in [-0.2, -0.15) is 0 Å². The molecule has 0 saturated heterocycles. The van der Waals surface area contributed by atoms with Crippen molar-refractivity contribution >= 4 is 11.8 Å². The molecule has 2 aliphatic heterocycles. The van der Waals surface area contributed by atoms with E-state index < -0.39 is 18.2 Å². The van der Waals surface area contributed by atoms with Crippen LogP contribution in [0, 0.1) is 0 Å². The Morgan fingerprint density at radius 1 is 1.10 bits per heavy atom. The van der Waals surface area contributed by atoms with Crippen LogP contribution >= 0.6 is 0 Å². The predicted octanol–water partition coefficient (Wildman–Crippen LogP) is 0.891. The lowest BCUT2D eigenvalue weighted by atomic mass is 9.94. The maximum absolute atomic E-state index is 12.3. The Balaban J connectivity index is 1.76. The maximum atomic E-state index is 12.3. The van der Waals surface area contributed by atoms with E-state index in [4.69, 9.17) is 15.2 Å². The fraction of sp³-hybridized carbons (Fsp3) is 0.250. The van der Waals surface area contributed by atoms with Crippen molar-refractivity contribution in [3.8, 4) is 0 Å². The Hall–Kier alpha value is -2.24. The molecule has 0 aliphatic carbocycles. The van der Waals surface area contributed by atoms with Gasteiger partial charge < -0.3 is 15.2 Å². The molecule has 0 radical (unpaired) electrons. The third-order valence-corrected chi connectivity index (χ3v) is 3.53. The van der Waals surface area contributed by atoms with Crippen molar-refractivity contribution < 1.29 is 19.1 Å². The van der Waals surface area contributed by atoms with Crippen LogP contribution in [0.4, 0.5) is 0 Å². The molecule has 108 valence electrons. The van der Waals surface area contributed by atoms with Gasteiger partial charge in [-0.1, -0.05) is 42.5 Å². The normalized spacial score (nSPS) is 22.7. The van der Waals surface area contributed by atoms with Crippen LogP contribution in [0.1, 0.15) is 5.56 Å². The molecule has 2 atom stereocenters. The highest BCUT2D eigenvalue weighted by Gasteiger charge is 2.42. The van der Waals surface area contributed by atoms with Crippen molar-refractivity contribution in [2.24, 2.45) is 5.73 Å². The molecule has 2 aliphatic rings. The third kappa shape index (κ3) is 2.53. The van der Waals surface area contributed by atoms with E-state index in [1.54, 1.807) is 12.2 Å². The molecule has 5 nitrogen and oxygen atoms in total. The topological polar surface area (TPSA) is 78.6 Å². The van der Waals surface area contributed by atoms with Crippen molar-refractivity contribution in [2.45, 2.75) is 18.8 Å². The van der Waals surface area contributed by atoms with E-state index >= 15 is 0 Å². The predicted molar refractivity (Wildman–Crippen MR) is 75.1 cm³/mol. The average molecular weight is 285 g/mol. The van der Waals surface area contributed by atoms with E-state index in [9.17, 15) is 9.59 Å². The lowest BCUT2D eigenvalue weighted by molar-refractivity contribution is -0.141. The van der Waals surface area contributed by atoms with Crippen LogP contribution in [0.25, 0.3) is 0 Å². The summed E-state index contributed by atoms with van der Waals surface area (Å²) < 4.78 is 10.8. The Morgan fingerprint density at radius 2 is 1.76 bits per heavy atom. The van der Waals surface area contributed by atoms with Gasteiger partial charge in [0.15, 0.2) is 5.78 Å². The lowest BCUT2D eigenvalue weighted by Crippen LogP contribution is -2.25. The zero-order valence-corrected chi connectivity index (χ0v) is 11.3. The van der Waals surface area contributed by atoms with E-state index in [2.05, 4.69) is 0 Å². The molecule has 2 unspecified atom stereocenters. The zero-order chi connectivity index (χ0) is 14.8. The molecule has 0 aromatic heterocycles. The summed E-state index contributed by atoms with van der Waals surface area (Å²) in [5.41, 5.74) is 6.90. The molecule has 5 heteroatoms. The van der Waals surface area contributed by atoms with Gasteiger partial charge in [-0.3, -0.25) is 4.79 Å². The van der Waals surface area contributed by atoms with Crippen LogP contribution in [0.2, 0.25) is 0 Å². The smallest absolute Gasteiger partial charge is 0.337 e. The molecular weight excluding hydrogens is 270 g/mol. The molecule has 3 rings (SSSR count). The number of carbonyl (C=O) groups is 2. The first-order valence-corrected chi connectivity index (χ1v) is 6.73. The van der Waals surface area contributed by atoms with Crippen LogP contribution in [-0.4, -0.2) is 30.5 Å². The molecular formula is C16H15NO4. The summed E-state index contributed by atoms with van der Waals surface area (Å²) in [4.78, 5) is 24.1. The molecule has 0 saturated carbocycles. The van der Waals surface area contributed by atoms with Gasteiger partial charge >= 0.3 is 5.97 Å².